The third kappa shape index (κ3) is 4.18. The largest absolute Gasteiger partial charge is 0.384 e. The van der Waals surface area contributed by atoms with E-state index in [1.165, 1.54) is 6.07 Å². The summed E-state index contributed by atoms with van der Waals surface area (Å²) in [5.74, 6) is -0.780. The molecular formula is C13H20FN3O2. The van der Waals surface area contributed by atoms with Crippen LogP contribution in [0.1, 0.15) is 5.56 Å². The molecular weight excluding hydrogens is 249 g/mol. The van der Waals surface area contributed by atoms with Gasteiger partial charge < -0.3 is 20.1 Å². The number of methoxy groups -OCH3 is 2. The van der Waals surface area contributed by atoms with Crippen LogP contribution in [0.4, 0.5) is 10.1 Å². The van der Waals surface area contributed by atoms with E-state index in [4.69, 9.17) is 20.6 Å². The number of rotatable bonds is 8. The Hall–Kier alpha value is -1.66. The fourth-order valence-corrected chi connectivity index (χ4v) is 1.80. The SMILES string of the molecule is COCCN(CCOC)c1cccc(F)c1C(=N)N. The van der Waals surface area contributed by atoms with Crippen molar-refractivity contribution < 1.29 is 13.9 Å². The van der Waals surface area contributed by atoms with Crippen molar-refractivity contribution in [2.24, 2.45) is 5.73 Å². The number of halogens is 1. The van der Waals surface area contributed by atoms with Crippen LogP contribution in [0.2, 0.25) is 0 Å². The second-order valence-electron chi connectivity index (χ2n) is 4.02. The van der Waals surface area contributed by atoms with Crippen LogP contribution in [0.15, 0.2) is 18.2 Å². The molecule has 0 saturated carbocycles. The Kier molecular flexibility index (Phi) is 6.24. The molecule has 1 aromatic carbocycles. The Bertz CT molecular complexity index is 418. The van der Waals surface area contributed by atoms with E-state index in [-0.39, 0.29) is 11.4 Å². The average Bonchev–Trinajstić information content (AvgIpc) is 2.38. The lowest BCUT2D eigenvalue weighted by Crippen LogP contribution is -2.33. The lowest BCUT2D eigenvalue weighted by atomic mass is 10.1. The molecule has 0 fully saturated rings. The van der Waals surface area contributed by atoms with Gasteiger partial charge in [-0.15, -0.1) is 0 Å². The van der Waals surface area contributed by atoms with E-state index in [1.807, 2.05) is 4.90 Å². The van der Waals surface area contributed by atoms with Crippen LogP contribution in [-0.2, 0) is 9.47 Å². The molecule has 0 aliphatic rings. The van der Waals surface area contributed by atoms with Crippen molar-refractivity contribution in [1.29, 1.82) is 5.41 Å². The van der Waals surface area contributed by atoms with Crippen molar-refractivity contribution in [1.82, 2.24) is 0 Å². The molecule has 1 aromatic rings. The summed E-state index contributed by atoms with van der Waals surface area (Å²) < 4.78 is 23.9. The summed E-state index contributed by atoms with van der Waals surface area (Å²) in [6.45, 7) is 2.14. The second kappa shape index (κ2) is 7.70. The molecule has 0 atom stereocenters. The van der Waals surface area contributed by atoms with E-state index < -0.39 is 5.82 Å². The highest BCUT2D eigenvalue weighted by Crippen LogP contribution is 2.22. The van der Waals surface area contributed by atoms with Gasteiger partial charge in [0.05, 0.1) is 24.5 Å². The molecule has 0 saturated heterocycles. The Morgan fingerprint density at radius 3 is 2.32 bits per heavy atom. The number of hydrogen-bond acceptors (Lipinski definition) is 4. The van der Waals surface area contributed by atoms with E-state index in [2.05, 4.69) is 0 Å². The lowest BCUT2D eigenvalue weighted by molar-refractivity contribution is 0.190. The molecule has 0 bridgehead atoms. The molecule has 5 nitrogen and oxygen atoms in total. The number of nitrogens with two attached hydrogens (primary N) is 1. The first-order valence-electron chi connectivity index (χ1n) is 5.97. The van der Waals surface area contributed by atoms with Gasteiger partial charge in [0.25, 0.3) is 0 Å². The van der Waals surface area contributed by atoms with Crippen LogP contribution >= 0.6 is 0 Å². The van der Waals surface area contributed by atoms with E-state index >= 15 is 0 Å². The number of nitrogen functional groups attached to an aromatic ring is 1. The molecule has 6 heteroatoms. The summed E-state index contributed by atoms with van der Waals surface area (Å²) in [7, 11) is 3.21. The van der Waals surface area contributed by atoms with Crippen LogP contribution in [0.3, 0.4) is 0 Å². The van der Waals surface area contributed by atoms with Gasteiger partial charge in [0.15, 0.2) is 0 Å². The van der Waals surface area contributed by atoms with Crippen LogP contribution in [0.5, 0.6) is 0 Å². The Labute approximate surface area is 112 Å². The topological polar surface area (TPSA) is 71.6 Å². The minimum atomic E-state index is -0.496. The van der Waals surface area contributed by atoms with Crippen molar-refractivity contribution in [3.63, 3.8) is 0 Å². The van der Waals surface area contributed by atoms with Crippen LogP contribution in [0.25, 0.3) is 0 Å². The van der Waals surface area contributed by atoms with Gasteiger partial charge in [-0.1, -0.05) is 6.07 Å². The molecule has 0 amide bonds. The summed E-state index contributed by atoms with van der Waals surface area (Å²) >= 11 is 0. The first kappa shape index (κ1) is 15.4. The maximum Gasteiger partial charge on any atom is 0.136 e. The number of benzene rings is 1. The maximum absolute atomic E-state index is 13.8. The second-order valence-corrected chi connectivity index (χ2v) is 4.02. The van der Waals surface area contributed by atoms with E-state index in [9.17, 15) is 4.39 Å². The highest BCUT2D eigenvalue weighted by atomic mass is 19.1. The summed E-state index contributed by atoms with van der Waals surface area (Å²) in [6.07, 6.45) is 0. The molecule has 0 heterocycles. The smallest absolute Gasteiger partial charge is 0.136 e. The highest BCUT2D eigenvalue weighted by Gasteiger charge is 2.16. The standard InChI is InChI=1S/C13H20FN3O2/c1-18-8-6-17(7-9-19-2)11-5-3-4-10(14)12(11)13(15)16/h3-5H,6-9H2,1-2H3,(H3,15,16). The van der Waals surface area contributed by atoms with Gasteiger partial charge in [0.1, 0.15) is 11.7 Å². The zero-order valence-electron chi connectivity index (χ0n) is 11.3. The van der Waals surface area contributed by atoms with Gasteiger partial charge in [0.2, 0.25) is 0 Å². The molecule has 0 unspecified atom stereocenters. The van der Waals surface area contributed by atoms with Gasteiger partial charge in [-0.2, -0.15) is 0 Å². The predicted molar refractivity (Wildman–Crippen MR) is 73.4 cm³/mol. The molecule has 106 valence electrons. The molecule has 19 heavy (non-hydrogen) atoms. The number of nitrogens with one attached hydrogen (secondary N) is 1. The third-order valence-electron chi connectivity index (χ3n) is 2.73. The molecule has 0 spiro atoms. The summed E-state index contributed by atoms with van der Waals surface area (Å²) in [6, 6.07) is 4.64. The van der Waals surface area contributed by atoms with Crippen molar-refractivity contribution in [3.05, 3.63) is 29.6 Å². The summed E-state index contributed by atoms with van der Waals surface area (Å²) in [5, 5.41) is 7.51. The van der Waals surface area contributed by atoms with Gasteiger partial charge in [-0.05, 0) is 12.1 Å². The fraction of sp³-hybridized carbons (Fsp3) is 0.462. The quantitative estimate of drug-likeness (QED) is 0.549. The number of nitrogens with zero attached hydrogens (tertiary/aromatic N) is 1. The maximum atomic E-state index is 13.8. The molecule has 0 aliphatic heterocycles. The minimum Gasteiger partial charge on any atom is -0.384 e. The first-order valence-corrected chi connectivity index (χ1v) is 5.97. The van der Waals surface area contributed by atoms with Crippen LogP contribution in [-0.4, -0.2) is 46.4 Å². The van der Waals surface area contributed by atoms with E-state index in [0.717, 1.165) is 0 Å². The fourth-order valence-electron chi connectivity index (χ4n) is 1.80. The van der Waals surface area contributed by atoms with Gasteiger partial charge in [-0.3, -0.25) is 5.41 Å². The molecule has 0 aliphatic carbocycles. The van der Waals surface area contributed by atoms with Crippen molar-refractivity contribution >= 4 is 11.5 Å². The predicted octanol–water partition coefficient (Wildman–Crippen LogP) is 1.21. The lowest BCUT2D eigenvalue weighted by Gasteiger charge is -2.26. The number of hydrogen-bond donors (Lipinski definition) is 2. The van der Waals surface area contributed by atoms with Crippen molar-refractivity contribution in [2.45, 2.75) is 0 Å². The normalized spacial score (nSPS) is 10.5. The zero-order valence-corrected chi connectivity index (χ0v) is 11.3. The van der Waals surface area contributed by atoms with Gasteiger partial charge in [0, 0.05) is 27.3 Å². The highest BCUT2D eigenvalue weighted by molar-refractivity contribution is 6.00. The Morgan fingerprint density at radius 1 is 1.26 bits per heavy atom. The van der Waals surface area contributed by atoms with E-state index in [1.54, 1.807) is 26.4 Å². The van der Waals surface area contributed by atoms with Gasteiger partial charge in [-0.25, -0.2) is 4.39 Å². The first-order chi connectivity index (χ1) is 9.11. The Balaban J connectivity index is 3.06. The number of amidine groups is 1. The summed E-state index contributed by atoms with van der Waals surface area (Å²) in [4.78, 5) is 1.90. The number of ether oxygens (including phenoxy) is 2. The third-order valence-corrected chi connectivity index (χ3v) is 2.73. The number of anilines is 1. The van der Waals surface area contributed by atoms with Gasteiger partial charge >= 0.3 is 0 Å². The minimum absolute atomic E-state index is 0.120. The molecule has 0 aromatic heterocycles. The molecule has 3 N–H and O–H groups in total. The van der Waals surface area contributed by atoms with Crippen molar-refractivity contribution in [2.75, 3.05) is 45.4 Å². The van der Waals surface area contributed by atoms with Crippen LogP contribution in [0, 0.1) is 11.2 Å². The van der Waals surface area contributed by atoms with Crippen molar-refractivity contribution in [3.8, 4) is 0 Å². The average molecular weight is 269 g/mol. The molecule has 0 radical (unpaired) electrons. The van der Waals surface area contributed by atoms with Crippen LogP contribution < -0.4 is 10.6 Å². The monoisotopic (exact) mass is 269 g/mol. The zero-order chi connectivity index (χ0) is 14.3. The summed E-state index contributed by atoms with van der Waals surface area (Å²) in [5.41, 5.74) is 6.17. The Morgan fingerprint density at radius 2 is 1.84 bits per heavy atom. The van der Waals surface area contributed by atoms with E-state index in [0.29, 0.717) is 32.0 Å². The molecule has 1 rings (SSSR count).